The summed E-state index contributed by atoms with van der Waals surface area (Å²) in [5, 5.41) is 3.46. The van der Waals surface area contributed by atoms with E-state index in [0.717, 1.165) is 25.6 Å². The summed E-state index contributed by atoms with van der Waals surface area (Å²) in [6.45, 7) is 10.2. The lowest BCUT2D eigenvalue weighted by molar-refractivity contribution is 0.255. The van der Waals surface area contributed by atoms with Gasteiger partial charge in [0.15, 0.2) is 0 Å². The van der Waals surface area contributed by atoms with E-state index in [4.69, 9.17) is 0 Å². The van der Waals surface area contributed by atoms with E-state index in [0.29, 0.717) is 0 Å². The molecule has 2 rings (SSSR count). The van der Waals surface area contributed by atoms with Crippen molar-refractivity contribution in [2.24, 2.45) is 5.92 Å². The Kier molecular flexibility index (Phi) is 6.55. The van der Waals surface area contributed by atoms with Crippen LogP contribution in [0.3, 0.4) is 0 Å². The number of nitrogens with one attached hydrogen (secondary N) is 1. The second-order valence-electron chi connectivity index (χ2n) is 6.17. The van der Waals surface area contributed by atoms with Gasteiger partial charge in [-0.2, -0.15) is 0 Å². The van der Waals surface area contributed by atoms with Crippen LogP contribution in [0.25, 0.3) is 0 Å². The molecule has 0 aliphatic heterocycles. The van der Waals surface area contributed by atoms with Crippen LogP contribution >= 0.6 is 0 Å². The number of rotatable bonds is 10. The average molecular weight is 274 g/mol. The topological polar surface area (TPSA) is 15.3 Å². The molecule has 2 heteroatoms. The minimum atomic E-state index is 0.985. The molecule has 0 radical (unpaired) electrons. The van der Waals surface area contributed by atoms with Gasteiger partial charge in [-0.25, -0.2) is 0 Å². The highest BCUT2D eigenvalue weighted by molar-refractivity contribution is 5.22. The van der Waals surface area contributed by atoms with Crippen molar-refractivity contribution >= 4 is 0 Å². The SMILES string of the molecule is CCCNCc1ccc(CN(CCC)CC2CC2)cc1. The molecule has 0 unspecified atom stereocenters. The van der Waals surface area contributed by atoms with E-state index in [2.05, 4.69) is 48.3 Å². The first-order chi connectivity index (χ1) is 9.81. The molecule has 0 aromatic heterocycles. The van der Waals surface area contributed by atoms with Gasteiger partial charge in [-0.15, -0.1) is 0 Å². The highest BCUT2D eigenvalue weighted by Gasteiger charge is 2.23. The van der Waals surface area contributed by atoms with E-state index in [1.54, 1.807) is 0 Å². The molecule has 1 aromatic rings. The predicted molar refractivity (Wildman–Crippen MR) is 86.7 cm³/mol. The minimum Gasteiger partial charge on any atom is -0.313 e. The predicted octanol–water partition coefficient (Wildman–Crippen LogP) is 3.81. The number of hydrogen-bond acceptors (Lipinski definition) is 2. The van der Waals surface area contributed by atoms with E-state index in [1.165, 1.54) is 49.9 Å². The minimum absolute atomic E-state index is 0.985. The molecule has 0 bridgehead atoms. The zero-order chi connectivity index (χ0) is 14.2. The highest BCUT2D eigenvalue weighted by atomic mass is 15.1. The molecule has 1 aliphatic rings. The lowest BCUT2D eigenvalue weighted by atomic mass is 10.1. The largest absolute Gasteiger partial charge is 0.313 e. The Morgan fingerprint density at radius 3 is 2.35 bits per heavy atom. The second kappa shape index (κ2) is 8.43. The molecule has 1 N–H and O–H groups in total. The molecule has 1 aliphatic carbocycles. The fraction of sp³-hybridized carbons (Fsp3) is 0.667. The standard InChI is InChI=1S/C18H30N2/c1-3-11-19-13-16-5-7-17(8-6-16)14-20(12-4-2)15-18-9-10-18/h5-8,18-19H,3-4,9-15H2,1-2H3. The molecule has 2 nitrogen and oxygen atoms in total. The third-order valence-electron chi connectivity index (χ3n) is 3.94. The average Bonchev–Trinajstić information content (AvgIpc) is 3.25. The number of benzene rings is 1. The molecular weight excluding hydrogens is 244 g/mol. The Hall–Kier alpha value is -0.860. The van der Waals surface area contributed by atoms with Crippen molar-refractivity contribution in [3.05, 3.63) is 35.4 Å². The summed E-state index contributed by atoms with van der Waals surface area (Å²) < 4.78 is 0. The van der Waals surface area contributed by atoms with Crippen LogP contribution in [0.1, 0.15) is 50.7 Å². The van der Waals surface area contributed by atoms with Crippen LogP contribution in [-0.4, -0.2) is 24.5 Å². The normalized spacial score (nSPS) is 14.9. The Morgan fingerprint density at radius 2 is 1.75 bits per heavy atom. The summed E-state index contributed by atoms with van der Waals surface area (Å²) in [4.78, 5) is 2.63. The van der Waals surface area contributed by atoms with Gasteiger partial charge in [0.05, 0.1) is 0 Å². The zero-order valence-electron chi connectivity index (χ0n) is 13.2. The van der Waals surface area contributed by atoms with Gasteiger partial charge in [0, 0.05) is 19.6 Å². The fourth-order valence-corrected chi connectivity index (χ4v) is 2.65. The summed E-state index contributed by atoms with van der Waals surface area (Å²) in [5.41, 5.74) is 2.85. The zero-order valence-corrected chi connectivity index (χ0v) is 13.2. The summed E-state index contributed by atoms with van der Waals surface area (Å²) >= 11 is 0. The van der Waals surface area contributed by atoms with Crippen LogP contribution in [0.15, 0.2) is 24.3 Å². The molecule has 112 valence electrons. The molecule has 0 heterocycles. The van der Waals surface area contributed by atoms with Gasteiger partial charge in [-0.3, -0.25) is 4.90 Å². The maximum atomic E-state index is 3.46. The van der Waals surface area contributed by atoms with E-state index in [1.807, 2.05) is 0 Å². The van der Waals surface area contributed by atoms with E-state index in [9.17, 15) is 0 Å². The lowest BCUT2D eigenvalue weighted by Gasteiger charge is -2.21. The van der Waals surface area contributed by atoms with Crippen LogP contribution in [0.5, 0.6) is 0 Å². The van der Waals surface area contributed by atoms with Crippen LogP contribution in [0.4, 0.5) is 0 Å². The van der Waals surface area contributed by atoms with Crippen LogP contribution < -0.4 is 5.32 Å². The van der Waals surface area contributed by atoms with Gasteiger partial charge in [0.1, 0.15) is 0 Å². The quantitative estimate of drug-likeness (QED) is 0.653. The summed E-state index contributed by atoms with van der Waals surface area (Å²) in [6, 6.07) is 9.16. The number of nitrogens with zero attached hydrogens (tertiary/aromatic N) is 1. The van der Waals surface area contributed by atoms with Crippen LogP contribution in [-0.2, 0) is 13.1 Å². The van der Waals surface area contributed by atoms with E-state index in [-0.39, 0.29) is 0 Å². The smallest absolute Gasteiger partial charge is 0.0233 e. The molecule has 1 aromatic carbocycles. The molecular formula is C18H30N2. The Balaban J connectivity index is 1.81. The first kappa shape index (κ1) is 15.5. The maximum absolute atomic E-state index is 3.46. The first-order valence-corrected chi connectivity index (χ1v) is 8.32. The van der Waals surface area contributed by atoms with Gasteiger partial charge >= 0.3 is 0 Å². The lowest BCUT2D eigenvalue weighted by Crippen LogP contribution is -2.26. The van der Waals surface area contributed by atoms with Gasteiger partial charge in [0.25, 0.3) is 0 Å². The molecule has 1 fully saturated rings. The van der Waals surface area contributed by atoms with Crippen molar-refractivity contribution < 1.29 is 0 Å². The van der Waals surface area contributed by atoms with Crippen molar-refractivity contribution in [1.29, 1.82) is 0 Å². The van der Waals surface area contributed by atoms with Crippen molar-refractivity contribution in [2.45, 2.75) is 52.6 Å². The third-order valence-corrected chi connectivity index (χ3v) is 3.94. The van der Waals surface area contributed by atoms with Gasteiger partial charge < -0.3 is 5.32 Å². The molecule has 0 spiro atoms. The molecule has 1 saturated carbocycles. The van der Waals surface area contributed by atoms with E-state index < -0.39 is 0 Å². The van der Waals surface area contributed by atoms with Gasteiger partial charge in [-0.1, -0.05) is 38.1 Å². The first-order valence-electron chi connectivity index (χ1n) is 8.32. The molecule has 0 saturated heterocycles. The highest BCUT2D eigenvalue weighted by Crippen LogP contribution is 2.30. The molecule has 0 amide bonds. The second-order valence-corrected chi connectivity index (χ2v) is 6.17. The van der Waals surface area contributed by atoms with Crippen molar-refractivity contribution in [3.8, 4) is 0 Å². The Labute approximate surface area is 124 Å². The summed E-state index contributed by atoms with van der Waals surface area (Å²) in [7, 11) is 0. The number of hydrogen-bond donors (Lipinski definition) is 1. The van der Waals surface area contributed by atoms with Gasteiger partial charge in [0.2, 0.25) is 0 Å². The van der Waals surface area contributed by atoms with E-state index >= 15 is 0 Å². The van der Waals surface area contributed by atoms with Gasteiger partial charge in [-0.05, 0) is 55.8 Å². The van der Waals surface area contributed by atoms with Crippen molar-refractivity contribution in [2.75, 3.05) is 19.6 Å². The fourth-order valence-electron chi connectivity index (χ4n) is 2.65. The third kappa shape index (κ3) is 5.64. The Morgan fingerprint density at radius 1 is 1.05 bits per heavy atom. The molecule has 20 heavy (non-hydrogen) atoms. The van der Waals surface area contributed by atoms with Crippen molar-refractivity contribution in [1.82, 2.24) is 10.2 Å². The van der Waals surface area contributed by atoms with Crippen LogP contribution in [0, 0.1) is 5.92 Å². The van der Waals surface area contributed by atoms with Crippen LogP contribution in [0.2, 0.25) is 0 Å². The maximum Gasteiger partial charge on any atom is 0.0233 e. The summed E-state index contributed by atoms with van der Waals surface area (Å²) in [6.07, 6.45) is 5.35. The Bertz CT molecular complexity index is 368. The summed E-state index contributed by atoms with van der Waals surface area (Å²) in [5.74, 6) is 0.985. The molecule has 0 atom stereocenters. The van der Waals surface area contributed by atoms with Crippen molar-refractivity contribution in [3.63, 3.8) is 0 Å². The monoisotopic (exact) mass is 274 g/mol.